The van der Waals surface area contributed by atoms with Crippen LogP contribution in [0.3, 0.4) is 0 Å². The summed E-state index contributed by atoms with van der Waals surface area (Å²) >= 11 is 1.65. The summed E-state index contributed by atoms with van der Waals surface area (Å²) in [6.07, 6.45) is 6.55. The summed E-state index contributed by atoms with van der Waals surface area (Å²) in [4.78, 5) is 72.5. The second-order valence-corrected chi connectivity index (χ2v) is 15.9. The van der Waals surface area contributed by atoms with Crippen LogP contribution < -0.4 is 15.5 Å². The molecule has 6 rings (SSSR count). The predicted molar refractivity (Wildman–Crippen MR) is 210 cm³/mol. The maximum atomic E-state index is 14.3. The van der Waals surface area contributed by atoms with E-state index < -0.39 is 35.9 Å². The lowest BCUT2D eigenvalue weighted by Gasteiger charge is -2.40. The van der Waals surface area contributed by atoms with E-state index in [-0.39, 0.29) is 29.0 Å². The summed E-state index contributed by atoms with van der Waals surface area (Å²) < 4.78 is 5.07. The number of thioether (sulfide) groups is 1. The van der Waals surface area contributed by atoms with Gasteiger partial charge in [-0.05, 0) is 99.6 Å². The van der Waals surface area contributed by atoms with Crippen molar-refractivity contribution in [2.24, 2.45) is 11.8 Å². The maximum Gasteiger partial charge on any atom is 0.328 e. The van der Waals surface area contributed by atoms with Gasteiger partial charge in [0.05, 0.1) is 12.5 Å². The lowest BCUT2D eigenvalue weighted by Crippen LogP contribution is -2.57. The summed E-state index contributed by atoms with van der Waals surface area (Å²) in [5.74, 6) is -1.57. The summed E-state index contributed by atoms with van der Waals surface area (Å²) in [7, 11) is 1.34. The number of esters is 1. The van der Waals surface area contributed by atoms with Crippen molar-refractivity contribution in [2.45, 2.75) is 94.1 Å². The zero-order valence-electron chi connectivity index (χ0n) is 31.1. The largest absolute Gasteiger partial charge is 0.467 e. The molecule has 286 valence electrons. The van der Waals surface area contributed by atoms with E-state index in [4.69, 9.17) is 4.74 Å². The van der Waals surface area contributed by atoms with Crippen LogP contribution in [0.1, 0.15) is 68.9 Å². The van der Waals surface area contributed by atoms with E-state index >= 15 is 0 Å². The van der Waals surface area contributed by atoms with Gasteiger partial charge in [-0.15, -0.1) is 11.8 Å². The predicted octanol–water partition coefficient (Wildman–Crippen LogP) is 5.69. The number of ether oxygens (including phenoxy) is 1. The number of benzene rings is 3. The number of hydrogen-bond donors (Lipinski definition) is 2. The molecule has 0 aromatic heterocycles. The van der Waals surface area contributed by atoms with Gasteiger partial charge in [0, 0.05) is 24.1 Å². The van der Waals surface area contributed by atoms with Crippen molar-refractivity contribution in [2.75, 3.05) is 24.3 Å². The minimum atomic E-state index is -0.768. The molecule has 3 aliphatic heterocycles. The first-order valence-electron chi connectivity index (χ1n) is 19.4. The molecule has 4 amide bonds. The molecule has 3 fully saturated rings. The summed E-state index contributed by atoms with van der Waals surface area (Å²) in [6.45, 7) is 0.600. The molecule has 3 aromatic rings. The number of fused-ring (bicyclic) bond motifs is 1. The van der Waals surface area contributed by atoms with E-state index in [1.807, 2.05) is 91.0 Å². The average Bonchev–Trinajstić information content (AvgIpc) is 3.48. The number of nitrogens with zero attached hydrogens (tertiary/aromatic N) is 2. The molecular weight excluding hydrogens is 701 g/mol. The van der Waals surface area contributed by atoms with Crippen molar-refractivity contribution in [3.05, 3.63) is 102 Å². The highest BCUT2D eigenvalue weighted by molar-refractivity contribution is 7.99. The Hall–Kier alpha value is -4.64. The second-order valence-electron chi connectivity index (χ2n) is 14.6. The van der Waals surface area contributed by atoms with E-state index in [1.165, 1.54) is 7.11 Å². The van der Waals surface area contributed by atoms with Crippen molar-refractivity contribution >= 4 is 47.0 Å². The SMILES string of the molecule is COC(=O)[C@@H]1CCC[C@@H]2SCC[C@H](NC(=O)[C@H](CC[C@H](Cc3ccccc3)C(=O)N[C@H]3CCCCN(c4ccccc4)C3=O)Cc3ccccc3)C(=O)N21. The molecule has 0 unspecified atom stereocenters. The number of hydrogen-bond acceptors (Lipinski definition) is 7. The van der Waals surface area contributed by atoms with Crippen LogP contribution in [0.2, 0.25) is 0 Å². The first-order valence-corrected chi connectivity index (χ1v) is 20.4. The maximum absolute atomic E-state index is 14.3. The zero-order valence-corrected chi connectivity index (χ0v) is 31.9. The number of nitrogens with one attached hydrogen (secondary N) is 2. The van der Waals surface area contributed by atoms with Gasteiger partial charge in [0.1, 0.15) is 18.1 Å². The van der Waals surface area contributed by atoms with E-state index in [1.54, 1.807) is 21.6 Å². The highest BCUT2D eigenvalue weighted by Crippen LogP contribution is 2.35. The third kappa shape index (κ3) is 9.91. The average molecular weight is 753 g/mol. The van der Waals surface area contributed by atoms with Crippen molar-refractivity contribution < 1.29 is 28.7 Å². The van der Waals surface area contributed by atoms with Crippen molar-refractivity contribution in [1.82, 2.24) is 15.5 Å². The topological polar surface area (TPSA) is 125 Å². The van der Waals surface area contributed by atoms with E-state index in [2.05, 4.69) is 10.6 Å². The van der Waals surface area contributed by atoms with Crippen LogP contribution >= 0.6 is 11.8 Å². The quantitative estimate of drug-likeness (QED) is 0.215. The van der Waals surface area contributed by atoms with Crippen LogP contribution in [-0.4, -0.2) is 77.4 Å². The zero-order chi connectivity index (χ0) is 37.9. The lowest BCUT2D eigenvalue weighted by molar-refractivity contribution is -0.156. The molecule has 0 spiro atoms. The van der Waals surface area contributed by atoms with Gasteiger partial charge in [0.25, 0.3) is 0 Å². The third-order valence-electron chi connectivity index (χ3n) is 11.0. The van der Waals surface area contributed by atoms with Crippen LogP contribution in [0.4, 0.5) is 5.69 Å². The van der Waals surface area contributed by atoms with Crippen molar-refractivity contribution in [3.63, 3.8) is 0 Å². The van der Waals surface area contributed by atoms with Crippen LogP contribution in [0.25, 0.3) is 0 Å². The van der Waals surface area contributed by atoms with Gasteiger partial charge in [0.15, 0.2) is 0 Å². The second kappa shape index (κ2) is 19.1. The molecule has 0 radical (unpaired) electrons. The van der Waals surface area contributed by atoms with Crippen LogP contribution in [0.5, 0.6) is 0 Å². The Kier molecular flexibility index (Phi) is 13.8. The molecule has 0 bridgehead atoms. The first-order chi connectivity index (χ1) is 26.3. The van der Waals surface area contributed by atoms with E-state index in [9.17, 15) is 24.0 Å². The van der Waals surface area contributed by atoms with Gasteiger partial charge < -0.3 is 25.2 Å². The Labute approximate surface area is 322 Å². The number of carbonyl (C=O) groups is 5. The summed E-state index contributed by atoms with van der Waals surface area (Å²) in [5.41, 5.74) is 2.80. The monoisotopic (exact) mass is 752 g/mol. The molecule has 3 heterocycles. The molecule has 0 saturated carbocycles. The van der Waals surface area contributed by atoms with Crippen molar-refractivity contribution in [1.29, 1.82) is 0 Å². The normalized spacial score (nSPS) is 22.9. The smallest absolute Gasteiger partial charge is 0.328 e. The highest BCUT2D eigenvalue weighted by Gasteiger charge is 2.44. The molecule has 10 nitrogen and oxygen atoms in total. The number of amides is 4. The molecule has 54 heavy (non-hydrogen) atoms. The molecule has 11 heteroatoms. The molecule has 3 aliphatic rings. The fraction of sp³-hybridized carbons (Fsp3) is 0.465. The van der Waals surface area contributed by atoms with Gasteiger partial charge in [0.2, 0.25) is 23.6 Å². The number of para-hydroxylation sites is 1. The molecule has 2 N–H and O–H groups in total. The standard InChI is InChI=1S/C43H52N4O6S/c1-53-43(52)37-21-13-22-38-47(37)42(51)36(25-27-54-38)45-40(49)33(29-31-16-7-3-8-17-31)24-23-32(28-30-14-5-2-6-15-30)39(48)44-35-20-11-12-26-46(41(35)50)34-18-9-4-10-19-34/h2-10,14-19,32-33,35-38H,11-13,20-29H2,1H3,(H,44,48)(H,45,49)/t32-,33-,35+,36+,37+,38+/m1/s1. The van der Waals surface area contributed by atoms with E-state index in [0.29, 0.717) is 57.2 Å². The first kappa shape index (κ1) is 39.1. The van der Waals surface area contributed by atoms with Gasteiger partial charge in [-0.1, -0.05) is 78.9 Å². The molecular formula is C43H52N4O6S. The lowest BCUT2D eigenvalue weighted by atomic mass is 9.86. The molecule has 0 aliphatic carbocycles. The number of carbonyl (C=O) groups excluding carboxylic acids is 5. The fourth-order valence-corrected chi connectivity index (χ4v) is 9.41. The number of rotatable bonds is 13. The Morgan fingerprint density at radius 3 is 1.83 bits per heavy atom. The number of methoxy groups -OCH3 is 1. The Morgan fingerprint density at radius 2 is 1.26 bits per heavy atom. The molecule has 3 aromatic carbocycles. The van der Waals surface area contributed by atoms with Gasteiger partial charge in [-0.2, -0.15) is 0 Å². The Balaban J connectivity index is 1.20. The Bertz CT molecular complexity index is 1730. The fourth-order valence-electron chi connectivity index (χ4n) is 8.02. The number of piperidine rings is 1. The number of anilines is 1. The summed E-state index contributed by atoms with van der Waals surface area (Å²) in [6, 6.07) is 27.1. The van der Waals surface area contributed by atoms with Crippen LogP contribution in [0.15, 0.2) is 91.0 Å². The Morgan fingerprint density at radius 1 is 0.704 bits per heavy atom. The van der Waals surface area contributed by atoms with Crippen LogP contribution in [0, 0.1) is 11.8 Å². The van der Waals surface area contributed by atoms with Crippen molar-refractivity contribution in [3.8, 4) is 0 Å². The minimum absolute atomic E-state index is 0.108. The van der Waals surface area contributed by atoms with Gasteiger partial charge in [-0.3, -0.25) is 19.2 Å². The molecule has 3 saturated heterocycles. The summed E-state index contributed by atoms with van der Waals surface area (Å²) in [5, 5.41) is 6.10. The van der Waals surface area contributed by atoms with Crippen LogP contribution in [-0.2, 0) is 41.6 Å². The van der Waals surface area contributed by atoms with Gasteiger partial charge in [-0.25, -0.2) is 4.79 Å². The minimum Gasteiger partial charge on any atom is -0.467 e. The molecule has 6 atom stereocenters. The van der Waals surface area contributed by atoms with Gasteiger partial charge >= 0.3 is 5.97 Å². The highest BCUT2D eigenvalue weighted by atomic mass is 32.2. The van der Waals surface area contributed by atoms with E-state index in [0.717, 1.165) is 42.5 Å². The third-order valence-corrected chi connectivity index (χ3v) is 12.3.